The van der Waals surface area contributed by atoms with Crippen LogP contribution in [0.4, 0.5) is 8.78 Å². The summed E-state index contributed by atoms with van der Waals surface area (Å²) >= 11 is 0. The van der Waals surface area contributed by atoms with Crippen LogP contribution in [0, 0.1) is 29.4 Å². The molecule has 0 spiro atoms. The molecular formula is C16H22F2N2. The molecule has 3 rings (SSSR count). The van der Waals surface area contributed by atoms with Gasteiger partial charge < -0.3 is 11.1 Å². The first-order valence-electron chi connectivity index (χ1n) is 7.58. The van der Waals surface area contributed by atoms with Crippen molar-refractivity contribution in [3.05, 3.63) is 35.4 Å². The van der Waals surface area contributed by atoms with Gasteiger partial charge in [0.2, 0.25) is 0 Å². The lowest BCUT2D eigenvalue weighted by molar-refractivity contribution is 0.352. The Morgan fingerprint density at radius 3 is 2.35 bits per heavy atom. The van der Waals surface area contributed by atoms with E-state index in [0.717, 1.165) is 24.4 Å². The molecule has 0 heterocycles. The van der Waals surface area contributed by atoms with Gasteiger partial charge in [-0.3, -0.25) is 0 Å². The van der Waals surface area contributed by atoms with Gasteiger partial charge in [0.05, 0.1) is 0 Å². The van der Waals surface area contributed by atoms with Gasteiger partial charge in [-0.2, -0.15) is 0 Å². The largest absolute Gasteiger partial charge is 0.329 e. The molecule has 3 N–H and O–H groups in total. The Labute approximate surface area is 118 Å². The van der Waals surface area contributed by atoms with Crippen LogP contribution < -0.4 is 11.1 Å². The number of halogens is 2. The van der Waals surface area contributed by atoms with Crippen molar-refractivity contribution in [2.45, 2.75) is 31.7 Å². The van der Waals surface area contributed by atoms with Crippen LogP contribution in [-0.2, 0) is 0 Å². The number of benzene rings is 1. The minimum Gasteiger partial charge on any atom is -0.329 e. The molecule has 1 unspecified atom stereocenters. The molecule has 4 heteroatoms. The zero-order valence-corrected chi connectivity index (χ0v) is 11.6. The Morgan fingerprint density at radius 1 is 1.15 bits per heavy atom. The Hall–Kier alpha value is -1.00. The van der Waals surface area contributed by atoms with Gasteiger partial charge in [0, 0.05) is 18.2 Å². The summed E-state index contributed by atoms with van der Waals surface area (Å²) < 4.78 is 27.1. The number of nitrogens with two attached hydrogens (primary N) is 1. The van der Waals surface area contributed by atoms with E-state index >= 15 is 0 Å². The lowest BCUT2D eigenvalue weighted by atomic mass is 9.96. The average Bonchev–Trinajstić information content (AvgIpc) is 3.31. The summed E-state index contributed by atoms with van der Waals surface area (Å²) in [6.45, 7) is 1.15. The fourth-order valence-electron chi connectivity index (χ4n) is 3.16. The van der Waals surface area contributed by atoms with Crippen molar-refractivity contribution in [2.75, 3.05) is 13.1 Å². The van der Waals surface area contributed by atoms with Crippen LogP contribution in [0.25, 0.3) is 0 Å². The van der Waals surface area contributed by atoms with E-state index in [9.17, 15) is 8.78 Å². The molecule has 1 aromatic rings. The summed E-state index contributed by atoms with van der Waals surface area (Å²) in [5, 5.41) is 3.36. The second-order valence-corrected chi connectivity index (χ2v) is 6.18. The Balaban J connectivity index is 1.65. The van der Waals surface area contributed by atoms with Crippen molar-refractivity contribution in [3.63, 3.8) is 0 Å². The molecule has 1 aromatic carbocycles. The van der Waals surface area contributed by atoms with Crippen molar-refractivity contribution in [1.82, 2.24) is 5.32 Å². The van der Waals surface area contributed by atoms with Crippen LogP contribution >= 0.6 is 0 Å². The van der Waals surface area contributed by atoms with Gasteiger partial charge in [-0.05, 0) is 56.0 Å². The predicted octanol–water partition coefficient (Wildman–Crippen LogP) is 2.99. The molecule has 2 aliphatic rings. The monoisotopic (exact) mass is 280 g/mol. The fraction of sp³-hybridized carbons (Fsp3) is 0.625. The molecule has 2 saturated carbocycles. The highest BCUT2D eigenvalue weighted by atomic mass is 19.2. The van der Waals surface area contributed by atoms with Crippen LogP contribution in [0.3, 0.4) is 0 Å². The molecular weight excluding hydrogens is 258 g/mol. The molecule has 0 amide bonds. The first-order valence-corrected chi connectivity index (χ1v) is 7.58. The van der Waals surface area contributed by atoms with Gasteiger partial charge >= 0.3 is 0 Å². The maximum absolute atomic E-state index is 13.8. The number of nitrogens with one attached hydrogen (secondary N) is 1. The molecule has 1 atom stereocenters. The van der Waals surface area contributed by atoms with E-state index in [1.807, 2.05) is 0 Å². The first-order chi connectivity index (χ1) is 9.70. The average molecular weight is 280 g/mol. The highest BCUT2D eigenvalue weighted by Crippen LogP contribution is 2.49. The van der Waals surface area contributed by atoms with Gasteiger partial charge in [0.15, 0.2) is 11.6 Å². The smallest absolute Gasteiger partial charge is 0.163 e. The molecule has 2 fully saturated rings. The van der Waals surface area contributed by atoms with Crippen LogP contribution in [-0.4, -0.2) is 13.1 Å². The van der Waals surface area contributed by atoms with E-state index in [4.69, 9.17) is 5.73 Å². The molecule has 0 aromatic heterocycles. The van der Waals surface area contributed by atoms with Crippen molar-refractivity contribution in [3.8, 4) is 0 Å². The predicted molar refractivity (Wildman–Crippen MR) is 75.1 cm³/mol. The van der Waals surface area contributed by atoms with E-state index in [0.29, 0.717) is 11.5 Å². The number of hydrogen-bond donors (Lipinski definition) is 2. The third-order valence-electron chi connectivity index (χ3n) is 4.65. The highest BCUT2D eigenvalue weighted by molar-refractivity contribution is 5.23. The summed E-state index contributed by atoms with van der Waals surface area (Å²) in [5.41, 5.74) is 6.09. The second-order valence-electron chi connectivity index (χ2n) is 6.18. The van der Waals surface area contributed by atoms with Gasteiger partial charge in [-0.15, -0.1) is 0 Å². The minimum absolute atomic E-state index is 0.280. The Morgan fingerprint density at radius 2 is 1.80 bits per heavy atom. The van der Waals surface area contributed by atoms with E-state index < -0.39 is 11.6 Å². The molecule has 110 valence electrons. The van der Waals surface area contributed by atoms with Crippen LogP contribution in [0.15, 0.2) is 18.2 Å². The quantitative estimate of drug-likeness (QED) is 0.806. The van der Waals surface area contributed by atoms with Crippen molar-refractivity contribution < 1.29 is 8.78 Å². The summed E-state index contributed by atoms with van der Waals surface area (Å²) in [6.07, 6.45) is 5.30. The summed E-state index contributed by atoms with van der Waals surface area (Å²) in [5.74, 6) is 0.797. The third-order valence-corrected chi connectivity index (χ3v) is 4.65. The normalized spacial score (nSPS) is 20.4. The minimum atomic E-state index is -0.802. The molecule has 0 bridgehead atoms. The van der Waals surface area contributed by atoms with Gasteiger partial charge in [0.25, 0.3) is 0 Å². The molecule has 2 nitrogen and oxygen atoms in total. The number of hydrogen-bond acceptors (Lipinski definition) is 2. The van der Waals surface area contributed by atoms with Crippen LogP contribution in [0.2, 0.25) is 0 Å². The summed E-state index contributed by atoms with van der Waals surface area (Å²) in [6, 6.07) is 4.00. The second kappa shape index (κ2) is 5.78. The van der Waals surface area contributed by atoms with Crippen molar-refractivity contribution in [2.24, 2.45) is 23.5 Å². The van der Waals surface area contributed by atoms with E-state index in [1.165, 1.54) is 31.7 Å². The fourth-order valence-corrected chi connectivity index (χ4v) is 3.16. The molecule has 0 saturated heterocycles. The van der Waals surface area contributed by atoms with Crippen LogP contribution in [0.5, 0.6) is 0 Å². The summed E-state index contributed by atoms with van der Waals surface area (Å²) in [7, 11) is 0. The summed E-state index contributed by atoms with van der Waals surface area (Å²) in [4.78, 5) is 0. The lowest BCUT2D eigenvalue weighted by Crippen LogP contribution is -2.34. The Bertz CT molecular complexity index is 458. The zero-order valence-electron chi connectivity index (χ0n) is 11.6. The maximum Gasteiger partial charge on any atom is 0.163 e. The van der Waals surface area contributed by atoms with Crippen molar-refractivity contribution in [1.29, 1.82) is 0 Å². The SMILES string of the molecule is NCC(NCC(C1CC1)C1CC1)c1cccc(F)c1F. The Kier molecular flexibility index (Phi) is 4.03. The molecule has 0 radical (unpaired) electrons. The van der Waals surface area contributed by atoms with Crippen LogP contribution in [0.1, 0.15) is 37.3 Å². The number of rotatable bonds is 7. The van der Waals surface area contributed by atoms with E-state index in [1.54, 1.807) is 6.07 Å². The first kappa shape index (κ1) is 14.0. The van der Waals surface area contributed by atoms with Crippen molar-refractivity contribution >= 4 is 0 Å². The maximum atomic E-state index is 13.8. The zero-order chi connectivity index (χ0) is 14.1. The topological polar surface area (TPSA) is 38.0 Å². The van der Waals surface area contributed by atoms with Gasteiger partial charge in [0.1, 0.15) is 0 Å². The van der Waals surface area contributed by atoms with E-state index in [2.05, 4.69) is 5.32 Å². The third kappa shape index (κ3) is 3.01. The molecule has 2 aliphatic carbocycles. The van der Waals surface area contributed by atoms with Gasteiger partial charge in [-0.1, -0.05) is 12.1 Å². The van der Waals surface area contributed by atoms with E-state index in [-0.39, 0.29) is 12.6 Å². The van der Waals surface area contributed by atoms with Gasteiger partial charge in [-0.25, -0.2) is 8.78 Å². The lowest BCUT2D eigenvalue weighted by Gasteiger charge is -2.23. The molecule has 20 heavy (non-hydrogen) atoms. The standard InChI is InChI=1S/C16H22F2N2/c17-14-3-1-2-12(16(14)18)15(8-19)20-9-13(10-4-5-10)11-6-7-11/h1-3,10-11,13,15,20H,4-9,19H2. The molecule has 0 aliphatic heterocycles. The highest BCUT2D eigenvalue weighted by Gasteiger charge is 2.41.